The van der Waals surface area contributed by atoms with Gasteiger partial charge in [-0.25, -0.2) is 19.3 Å². The minimum atomic E-state index is -0.486. The van der Waals surface area contributed by atoms with Crippen molar-refractivity contribution in [3.05, 3.63) is 48.1 Å². The van der Waals surface area contributed by atoms with Gasteiger partial charge in [0.15, 0.2) is 5.82 Å². The van der Waals surface area contributed by atoms with Crippen molar-refractivity contribution in [1.29, 1.82) is 0 Å². The summed E-state index contributed by atoms with van der Waals surface area (Å²) in [5.74, 6) is -0.147. The lowest BCUT2D eigenvalue weighted by atomic mass is 10.0. The third-order valence-corrected chi connectivity index (χ3v) is 4.60. The Morgan fingerprint density at radius 1 is 1.35 bits per heavy atom. The van der Waals surface area contributed by atoms with Gasteiger partial charge in [-0.15, -0.1) is 0 Å². The molecule has 1 amide bonds. The summed E-state index contributed by atoms with van der Waals surface area (Å²) in [6.45, 7) is 5.04. The van der Waals surface area contributed by atoms with Crippen LogP contribution in [0, 0.1) is 5.82 Å². The van der Waals surface area contributed by atoms with Crippen LogP contribution in [0.1, 0.15) is 31.9 Å². The van der Waals surface area contributed by atoms with Crippen LogP contribution in [-0.4, -0.2) is 49.5 Å². The van der Waals surface area contributed by atoms with Gasteiger partial charge in [0.05, 0.1) is 30.5 Å². The number of hydrogen-bond acceptors (Lipinski definition) is 5. The molecule has 1 saturated heterocycles. The van der Waals surface area contributed by atoms with E-state index in [4.69, 9.17) is 0 Å². The zero-order valence-electron chi connectivity index (χ0n) is 15.2. The number of imidazole rings is 1. The predicted octanol–water partition coefficient (Wildman–Crippen LogP) is 2.11. The number of aryl methyl sites for hydroxylation is 1. The lowest BCUT2D eigenvalue weighted by Crippen LogP contribution is -2.31. The number of hydrogen-bond donors (Lipinski definition) is 1. The van der Waals surface area contributed by atoms with Gasteiger partial charge in [-0.2, -0.15) is 0 Å². The Morgan fingerprint density at radius 2 is 2.08 bits per heavy atom. The molecule has 26 heavy (non-hydrogen) atoms. The van der Waals surface area contributed by atoms with Crippen molar-refractivity contribution in [2.24, 2.45) is 7.05 Å². The molecule has 7 nitrogen and oxygen atoms in total. The van der Waals surface area contributed by atoms with Crippen molar-refractivity contribution >= 4 is 11.9 Å². The zero-order chi connectivity index (χ0) is 18.7. The Balaban J connectivity index is 1.81. The summed E-state index contributed by atoms with van der Waals surface area (Å²) in [6, 6.07) is -0.102. The second-order valence-corrected chi connectivity index (χ2v) is 6.63. The molecule has 0 unspecified atom stereocenters. The predicted molar refractivity (Wildman–Crippen MR) is 96.0 cm³/mol. The van der Waals surface area contributed by atoms with E-state index >= 15 is 0 Å². The molecule has 1 N–H and O–H groups in total. The molecule has 1 fully saturated rings. The van der Waals surface area contributed by atoms with Crippen LogP contribution in [0.25, 0.3) is 0 Å². The fourth-order valence-corrected chi connectivity index (χ4v) is 3.01. The standard InChI is InChI=1S/C18H23FN6O/c1-4-12(2)5-17(26)25-8-14(15-9-24(3)11-22-15)16(10-25)23-18-20-6-13(19)7-21-18/h5-7,9,11,14,16H,4,8,10H2,1-3H3,(H,20,21,23)/b12-5+/t14-,16+/m0/s1. The number of nitrogens with one attached hydrogen (secondary N) is 1. The third kappa shape index (κ3) is 4.07. The van der Waals surface area contributed by atoms with Crippen LogP contribution >= 0.6 is 0 Å². The molecule has 0 bridgehead atoms. The number of nitrogens with zero attached hydrogens (tertiary/aromatic N) is 5. The summed E-state index contributed by atoms with van der Waals surface area (Å²) in [5.41, 5.74) is 1.95. The molecule has 1 aliphatic rings. The Hall–Kier alpha value is -2.77. The molecule has 8 heteroatoms. The van der Waals surface area contributed by atoms with E-state index in [9.17, 15) is 9.18 Å². The second kappa shape index (κ2) is 7.63. The van der Waals surface area contributed by atoms with Crippen molar-refractivity contribution in [2.75, 3.05) is 18.4 Å². The maximum absolute atomic E-state index is 13.0. The van der Waals surface area contributed by atoms with Gasteiger partial charge in [0.25, 0.3) is 0 Å². The van der Waals surface area contributed by atoms with E-state index in [0.29, 0.717) is 19.0 Å². The SMILES string of the molecule is CC/C(C)=C/C(=O)N1C[C@@H](Nc2ncc(F)cn2)[C@H](c2cn(C)cn2)C1. The summed E-state index contributed by atoms with van der Waals surface area (Å²) in [4.78, 5) is 26.7. The monoisotopic (exact) mass is 358 g/mol. The third-order valence-electron chi connectivity index (χ3n) is 4.60. The lowest BCUT2D eigenvalue weighted by Gasteiger charge is -2.17. The first-order valence-corrected chi connectivity index (χ1v) is 8.64. The van der Waals surface area contributed by atoms with Crippen LogP contribution in [0.3, 0.4) is 0 Å². The van der Waals surface area contributed by atoms with Crippen molar-refractivity contribution < 1.29 is 9.18 Å². The molecule has 0 aromatic carbocycles. The quantitative estimate of drug-likeness (QED) is 0.829. The molecular formula is C18H23FN6O. The first-order chi connectivity index (χ1) is 12.5. The van der Waals surface area contributed by atoms with Crippen LogP contribution in [-0.2, 0) is 11.8 Å². The maximum Gasteiger partial charge on any atom is 0.246 e. The average Bonchev–Trinajstić information content (AvgIpc) is 3.23. The van der Waals surface area contributed by atoms with Gasteiger partial charge >= 0.3 is 0 Å². The highest BCUT2D eigenvalue weighted by molar-refractivity contribution is 5.88. The highest BCUT2D eigenvalue weighted by Gasteiger charge is 2.37. The molecule has 0 saturated carbocycles. The van der Waals surface area contributed by atoms with Gasteiger partial charge < -0.3 is 14.8 Å². The molecule has 0 aliphatic carbocycles. The van der Waals surface area contributed by atoms with Crippen molar-refractivity contribution in [2.45, 2.75) is 32.2 Å². The van der Waals surface area contributed by atoms with Crippen LogP contribution in [0.15, 0.2) is 36.6 Å². The van der Waals surface area contributed by atoms with E-state index in [-0.39, 0.29) is 17.9 Å². The van der Waals surface area contributed by atoms with E-state index in [2.05, 4.69) is 20.3 Å². The molecular weight excluding hydrogens is 335 g/mol. The second-order valence-electron chi connectivity index (χ2n) is 6.63. The highest BCUT2D eigenvalue weighted by atomic mass is 19.1. The van der Waals surface area contributed by atoms with Crippen LogP contribution in [0.2, 0.25) is 0 Å². The zero-order valence-corrected chi connectivity index (χ0v) is 15.2. The molecule has 0 spiro atoms. The molecule has 3 heterocycles. The summed E-state index contributed by atoms with van der Waals surface area (Å²) in [7, 11) is 1.91. The Kier molecular flexibility index (Phi) is 5.29. The Labute approximate surface area is 152 Å². The molecule has 1 aliphatic heterocycles. The van der Waals surface area contributed by atoms with Gasteiger partial charge in [-0.3, -0.25) is 4.79 Å². The smallest absolute Gasteiger partial charge is 0.246 e. The summed E-state index contributed by atoms with van der Waals surface area (Å²) in [5, 5.41) is 3.23. The van der Waals surface area contributed by atoms with Crippen molar-refractivity contribution in [1.82, 2.24) is 24.4 Å². The van der Waals surface area contributed by atoms with Crippen LogP contribution in [0.5, 0.6) is 0 Å². The van der Waals surface area contributed by atoms with Gasteiger partial charge in [0.1, 0.15) is 0 Å². The number of likely N-dealkylation sites (tertiary alicyclic amines) is 1. The maximum atomic E-state index is 13.0. The molecule has 2 atom stereocenters. The number of allylic oxidation sites excluding steroid dienone is 1. The average molecular weight is 358 g/mol. The number of rotatable bonds is 5. The topological polar surface area (TPSA) is 75.9 Å². The summed E-state index contributed by atoms with van der Waals surface area (Å²) < 4.78 is 14.9. The van der Waals surface area contributed by atoms with Crippen LogP contribution in [0.4, 0.5) is 10.3 Å². The van der Waals surface area contributed by atoms with Gasteiger partial charge in [-0.05, 0) is 13.3 Å². The van der Waals surface area contributed by atoms with Gasteiger partial charge in [0, 0.05) is 38.3 Å². The van der Waals surface area contributed by atoms with E-state index in [1.807, 2.05) is 31.7 Å². The van der Waals surface area contributed by atoms with E-state index < -0.39 is 5.82 Å². The largest absolute Gasteiger partial charge is 0.349 e. The molecule has 138 valence electrons. The number of carbonyl (C=O) groups is 1. The molecule has 2 aromatic heterocycles. The first kappa shape index (κ1) is 18.0. The highest BCUT2D eigenvalue weighted by Crippen LogP contribution is 2.28. The van der Waals surface area contributed by atoms with E-state index in [1.54, 1.807) is 17.3 Å². The molecule has 3 rings (SSSR count). The van der Waals surface area contributed by atoms with Crippen molar-refractivity contribution in [3.63, 3.8) is 0 Å². The minimum Gasteiger partial charge on any atom is -0.349 e. The summed E-state index contributed by atoms with van der Waals surface area (Å²) >= 11 is 0. The van der Waals surface area contributed by atoms with Gasteiger partial charge in [-0.1, -0.05) is 12.5 Å². The summed E-state index contributed by atoms with van der Waals surface area (Å²) in [6.07, 6.45) is 8.46. The number of halogens is 1. The fraction of sp³-hybridized carbons (Fsp3) is 0.444. The Morgan fingerprint density at radius 3 is 2.69 bits per heavy atom. The molecule has 2 aromatic rings. The fourth-order valence-electron chi connectivity index (χ4n) is 3.01. The molecule has 0 radical (unpaired) electrons. The van der Waals surface area contributed by atoms with Gasteiger partial charge in [0.2, 0.25) is 11.9 Å². The van der Waals surface area contributed by atoms with E-state index in [1.165, 1.54) is 0 Å². The number of amides is 1. The minimum absolute atomic E-state index is 0.00383. The lowest BCUT2D eigenvalue weighted by molar-refractivity contribution is -0.125. The van der Waals surface area contributed by atoms with Crippen LogP contribution < -0.4 is 5.32 Å². The van der Waals surface area contributed by atoms with E-state index in [0.717, 1.165) is 30.1 Å². The first-order valence-electron chi connectivity index (χ1n) is 8.64. The number of carbonyl (C=O) groups excluding carboxylic acids is 1. The normalized spacial score (nSPS) is 20.5. The number of anilines is 1. The van der Waals surface area contributed by atoms with Crippen molar-refractivity contribution in [3.8, 4) is 0 Å². The number of aromatic nitrogens is 4. The Bertz CT molecular complexity index is 800.